The van der Waals surface area contributed by atoms with E-state index >= 15 is 0 Å². The maximum atomic E-state index is 12.2. The normalized spacial score (nSPS) is 13.4. The minimum atomic E-state index is -3.29. The van der Waals surface area contributed by atoms with Gasteiger partial charge in [-0.2, -0.15) is 4.31 Å². The molecule has 1 saturated heterocycles. The molecule has 3 N–H and O–H groups in total. The lowest BCUT2D eigenvalue weighted by atomic mass is 10.0. The number of piperazine rings is 1. The molecular weight excluding hydrogens is 470 g/mol. The summed E-state index contributed by atoms with van der Waals surface area (Å²) in [5.74, 6) is -2.22. The Balaban J connectivity index is 0.000000203. The molecule has 2 heterocycles. The first kappa shape index (κ1) is 27.6. The highest BCUT2D eigenvalue weighted by Gasteiger charge is 2.25. The number of aryl methyl sites for hydroxylation is 1. The van der Waals surface area contributed by atoms with Crippen molar-refractivity contribution in [2.24, 2.45) is 0 Å². The molecule has 35 heavy (non-hydrogen) atoms. The van der Waals surface area contributed by atoms with Crippen LogP contribution in [0.3, 0.4) is 0 Å². The Labute approximate surface area is 205 Å². The van der Waals surface area contributed by atoms with Crippen molar-refractivity contribution >= 4 is 22.0 Å². The lowest BCUT2D eigenvalue weighted by molar-refractivity contribution is 0.0696. The largest absolute Gasteiger partial charge is 0.478 e. The lowest BCUT2D eigenvalue weighted by Gasteiger charge is -2.26. The van der Waals surface area contributed by atoms with E-state index in [0.717, 1.165) is 18.7 Å². The smallest absolute Gasteiger partial charge is 0.335 e. The quantitative estimate of drug-likeness (QED) is 0.498. The van der Waals surface area contributed by atoms with E-state index in [1.807, 2.05) is 37.3 Å². The maximum absolute atomic E-state index is 12.2. The predicted octanol–water partition coefficient (Wildman–Crippen LogP) is 3.06. The van der Waals surface area contributed by atoms with Crippen molar-refractivity contribution in [1.29, 1.82) is 0 Å². The van der Waals surface area contributed by atoms with E-state index < -0.39 is 22.0 Å². The van der Waals surface area contributed by atoms with Crippen LogP contribution in [0, 0.1) is 13.8 Å². The highest BCUT2D eigenvalue weighted by Crippen LogP contribution is 2.16. The molecule has 0 amide bonds. The van der Waals surface area contributed by atoms with Gasteiger partial charge in [0.05, 0.1) is 16.0 Å². The van der Waals surface area contributed by atoms with Crippen LogP contribution in [0.1, 0.15) is 31.8 Å². The van der Waals surface area contributed by atoms with Crippen LogP contribution >= 0.6 is 0 Å². The van der Waals surface area contributed by atoms with Gasteiger partial charge in [-0.3, -0.25) is 4.98 Å². The molecule has 1 aromatic heterocycles. The molecule has 1 aliphatic rings. The van der Waals surface area contributed by atoms with Crippen molar-refractivity contribution in [3.8, 4) is 0 Å². The molecule has 4 rings (SSSR count). The van der Waals surface area contributed by atoms with E-state index in [-0.39, 0.29) is 16.7 Å². The second kappa shape index (κ2) is 13.3. The van der Waals surface area contributed by atoms with Crippen LogP contribution in [-0.2, 0) is 10.0 Å². The monoisotopic (exact) mass is 499 g/mol. The standard InChI is InChI=1S/C11H16N2O2S.C9H8O4.C5H5N/c1-10-2-4-11(5-3-10)16(14,15)13-8-6-12-7-9-13;1-5-6(8(10)11)3-2-4-7(5)9(12)13;1-2-4-6-5-3-1/h2-5,12H,6-9H2,1H3;2-4H,1H3,(H,10,11)(H,12,13);1-5H. The van der Waals surface area contributed by atoms with Crippen LogP contribution in [0.5, 0.6) is 0 Å². The Kier molecular flexibility index (Phi) is 10.5. The summed E-state index contributed by atoms with van der Waals surface area (Å²) >= 11 is 0. The van der Waals surface area contributed by atoms with Gasteiger partial charge >= 0.3 is 11.9 Å². The Morgan fingerprint density at radius 1 is 0.829 bits per heavy atom. The van der Waals surface area contributed by atoms with Crippen LogP contribution in [0.2, 0.25) is 0 Å². The molecule has 1 aliphatic heterocycles. The zero-order chi connectivity index (χ0) is 25.8. The van der Waals surface area contributed by atoms with Crippen LogP contribution in [-0.4, -0.2) is 66.0 Å². The Morgan fingerprint density at radius 2 is 1.34 bits per heavy atom. The zero-order valence-corrected chi connectivity index (χ0v) is 20.4. The molecule has 0 aliphatic carbocycles. The van der Waals surface area contributed by atoms with Gasteiger partial charge in [0.1, 0.15) is 0 Å². The van der Waals surface area contributed by atoms with Crippen molar-refractivity contribution in [2.45, 2.75) is 18.7 Å². The molecule has 2 aromatic carbocycles. The van der Waals surface area contributed by atoms with Gasteiger partial charge in [0.15, 0.2) is 0 Å². The van der Waals surface area contributed by atoms with Crippen LogP contribution < -0.4 is 5.32 Å². The first-order valence-corrected chi connectivity index (χ1v) is 12.3. The third kappa shape index (κ3) is 8.29. The van der Waals surface area contributed by atoms with Crippen LogP contribution in [0.25, 0.3) is 0 Å². The number of nitrogens with zero attached hydrogens (tertiary/aromatic N) is 2. The average Bonchev–Trinajstić information content (AvgIpc) is 2.86. The Bertz CT molecular complexity index is 1150. The van der Waals surface area contributed by atoms with Gasteiger partial charge < -0.3 is 15.5 Å². The molecule has 0 bridgehead atoms. The number of carboxylic acids is 2. The first-order valence-electron chi connectivity index (χ1n) is 10.8. The molecule has 0 atom stereocenters. The van der Waals surface area contributed by atoms with Crippen molar-refractivity contribution in [2.75, 3.05) is 26.2 Å². The second-order valence-corrected chi connectivity index (χ2v) is 9.52. The summed E-state index contributed by atoms with van der Waals surface area (Å²) in [5, 5.41) is 20.5. The fourth-order valence-electron chi connectivity index (χ4n) is 3.16. The van der Waals surface area contributed by atoms with Gasteiger partial charge in [0, 0.05) is 38.6 Å². The first-order chi connectivity index (χ1) is 16.6. The predicted molar refractivity (Wildman–Crippen MR) is 132 cm³/mol. The van der Waals surface area contributed by atoms with E-state index in [4.69, 9.17) is 10.2 Å². The number of carboxylic acid groups (broad SMARTS) is 2. The molecule has 9 nitrogen and oxygen atoms in total. The average molecular weight is 500 g/mol. The maximum Gasteiger partial charge on any atom is 0.335 e. The number of nitrogens with one attached hydrogen (secondary N) is 1. The van der Waals surface area contributed by atoms with Crippen molar-refractivity contribution in [1.82, 2.24) is 14.6 Å². The second-order valence-electron chi connectivity index (χ2n) is 7.58. The molecule has 3 aromatic rings. The number of hydrogen-bond donors (Lipinski definition) is 3. The summed E-state index contributed by atoms with van der Waals surface area (Å²) in [6.45, 7) is 5.98. The number of rotatable bonds is 4. The van der Waals surface area contributed by atoms with Gasteiger partial charge in [-0.15, -0.1) is 0 Å². The van der Waals surface area contributed by atoms with Gasteiger partial charge in [0.2, 0.25) is 10.0 Å². The zero-order valence-electron chi connectivity index (χ0n) is 19.6. The summed E-state index contributed by atoms with van der Waals surface area (Å²) in [5.41, 5.74) is 1.40. The number of aromatic carboxylic acids is 2. The number of sulfonamides is 1. The highest BCUT2D eigenvalue weighted by atomic mass is 32.2. The SMILES string of the molecule is Cc1c(C(=O)O)cccc1C(=O)O.Cc1ccc(S(=O)(=O)N2CCNCC2)cc1.c1ccncc1. The number of hydrogen-bond acceptors (Lipinski definition) is 6. The number of benzene rings is 2. The van der Waals surface area contributed by atoms with E-state index in [1.165, 1.54) is 29.4 Å². The molecule has 0 saturated carbocycles. The minimum Gasteiger partial charge on any atom is -0.478 e. The van der Waals surface area contributed by atoms with Crippen molar-refractivity contribution < 1.29 is 28.2 Å². The molecule has 0 spiro atoms. The third-order valence-corrected chi connectivity index (χ3v) is 7.01. The molecule has 10 heteroatoms. The third-order valence-electron chi connectivity index (χ3n) is 5.10. The fraction of sp³-hybridized carbons (Fsp3) is 0.240. The summed E-state index contributed by atoms with van der Waals surface area (Å²) in [6.07, 6.45) is 3.50. The van der Waals surface area contributed by atoms with Crippen LogP contribution in [0.15, 0.2) is 78.0 Å². The topological polar surface area (TPSA) is 137 Å². The molecule has 0 unspecified atom stereocenters. The lowest BCUT2D eigenvalue weighted by Crippen LogP contribution is -2.46. The molecule has 1 fully saturated rings. The van der Waals surface area contributed by atoms with E-state index in [9.17, 15) is 18.0 Å². The Morgan fingerprint density at radius 3 is 1.74 bits per heavy atom. The van der Waals surface area contributed by atoms with Gasteiger partial charge in [-0.05, 0) is 55.8 Å². The molecule has 186 valence electrons. The number of pyridine rings is 1. The van der Waals surface area contributed by atoms with Crippen LogP contribution in [0.4, 0.5) is 0 Å². The number of carbonyl (C=O) groups is 2. The highest BCUT2D eigenvalue weighted by molar-refractivity contribution is 7.89. The van der Waals surface area contributed by atoms with Gasteiger partial charge in [-0.1, -0.05) is 29.8 Å². The van der Waals surface area contributed by atoms with Crippen molar-refractivity contribution in [3.05, 3.63) is 95.3 Å². The fourth-order valence-corrected chi connectivity index (χ4v) is 4.60. The molecular formula is C25H29N3O6S. The van der Waals surface area contributed by atoms with Gasteiger partial charge in [0.25, 0.3) is 0 Å². The summed E-state index contributed by atoms with van der Waals surface area (Å²) in [6, 6.07) is 16.9. The summed E-state index contributed by atoms with van der Waals surface area (Å²) in [4.78, 5) is 25.4. The molecule has 0 radical (unpaired) electrons. The summed E-state index contributed by atoms with van der Waals surface area (Å²) < 4.78 is 25.9. The minimum absolute atomic E-state index is 0.0277. The van der Waals surface area contributed by atoms with Gasteiger partial charge in [-0.25, -0.2) is 18.0 Å². The number of aromatic nitrogens is 1. The van der Waals surface area contributed by atoms with E-state index in [2.05, 4.69) is 10.3 Å². The van der Waals surface area contributed by atoms with E-state index in [0.29, 0.717) is 18.0 Å². The summed E-state index contributed by atoms with van der Waals surface area (Å²) in [7, 11) is -3.29. The van der Waals surface area contributed by atoms with Crippen molar-refractivity contribution in [3.63, 3.8) is 0 Å². The van der Waals surface area contributed by atoms with E-state index in [1.54, 1.807) is 24.5 Å². The Hall–Kier alpha value is -3.60.